The van der Waals surface area contributed by atoms with Gasteiger partial charge in [0, 0.05) is 18.7 Å². The van der Waals surface area contributed by atoms with Crippen LogP contribution in [0.25, 0.3) is 0 Å². The van der Waals surface area contributed by atoms with Crippen LogP contribution >= 0.6 is 0 Å². The van der Waals surface area contributed by atoms with Crippen molar-refractivity contribution in [1.82, 2.24) is 5.32 Å². The number of hydrogen-bond acceptors (Lipinski definition) is 2. The summed E-state index contributed by atoms with van der Waals surface area (Å²) in [7, 11) is 0. The van der Waals surface area contributed by atoms with E-state index < -0.39 is 0 Å². The van der Waals surface area contributed by atoms with Crippen LogP contribution in [-0.4, -0.2) is 25.3 Å². The van der Waals surface area contributed by atoms with Crippen molar-refractivity contribution in [1.29, 1.82) is 0 Å². The Labute approximate surface area is 82.4 Å². The lowest BCUT2D eigenvalue weighted by Gasteiger charge is -2.19. The molecule has 0 rings (SSSR count). The van der Waals surface area contributed by atoms with Gasteiger partial charge < -0.3 is 10.1 Å². The largest absolute Gasteiger partial charge is 0.380 e. The zero-order valence-electron chi connectivity index (χ0n) is 9.18. The summed E-state index contributed by atoms with van der Waals surface area (Å²) in [6, 6.07) is 0.994. The van der Waals surface area contributed by atoms with E-state index in [1.165, 1.54) is 0 Å². The minimum absolute atomic E-state index is 0.444. The highest BCUT2D eigenvalue weighted by Gasteiger charge is 2.05. The summed E-state index contributed by atoms with van der Waals surface area (Å²) < 4.78 is 5.32. The van der Waals surface area contributed by atoms with E-state index in [-0.39, 0.29) is 0 Å². The number of allylic oxidation sites excluding steroid dienone is 1. The summed E-state index contributed by atoms with van der Waals surface area (Å²) in [4.78, 5) is 0. The van der Waals surface area contributed by atoms with Gasteiger partial charge in [0.1, 0.15) is 0 Å². The summed E-state index contributed by atoms with van der Waals surface area (Å²) in [5.74, 6) is 0. The average Bonchev–Trinajstić information content (AvgIpc) is 2.11. The Hall–Kier alpha value is -0.340. The minimum Gasteiger partial charge on any atom is -0.380 e. The van der Waals surface area contributed by atoms with Crippen molar-refractivity contribution >= 4 is 0 Å². The molecule has 2 nitrogen and oxygen atoms in total. The molecule has 0 fully saturated rings. The predicted molar refractivity (Wildman–Crippen MR) is 58.0 cm³/mol. The molecule has 0 aromatic carbocycles. The van der Waals surface area contributed by atoms with Gasteiger partial charge in [-0.2, -0.15) is 0 Å². The average molecular weight is 185 g/mol. The molecule has 13 heavy (non-hydrogen) atoms. The summed E-state index contributed by atoms with van der Waals surface area (Å²) in [5, 5.41) is 3.48. The molecule has 2 heteroatoms. The van der Waals surface area contributed by atoms with E-state index >= 15 is 0 Å². The first-order chi connectivity index (χ1) is 6.20. The van der Waals surface area contributed by atoms with Crippen LogP contribution in [0.4, 0.5) is 0 Å². The second-order valence-electron chi connectivity index (χ2n) is 3.49. The molecule has 1 N–H and O–H groups in total. The van der Waals surface area contributed by atoms with Crippen LogP contribution in [0.2, 0.25) is 0 Å². The molecule has 2 unspecified atom stereocenters. The molecule has 0 amide bonds. The van der Waals surface area contributed by atoms with Gasteiger partial charge >= 0.3 is 0 Å². The molecule has 0 saturated carbocycles. The molecule has 2 atom stereocenters. The number of nitrogens with one attached hydrogen (secondary N) is 1. The van der Waals surface area contributed by atoms with Crippen LogP contribution in [-0.2, 0) is 4.74 Å². The van der Waals surface area contributed by atoms with Crippen LogP contribution in [0.5, 0.6) is 0 Å². The Morgan fingerprint density at radius 3 is 2.62 bits per heavy atom. The lowest BCUT2D eigenvalue weighted by atomic mass is 10.1. The summed E-state index contributed by atoms with van der Waals surface area (Å²) in [6.07, 6.45) is 4.20. The fourth-order valence-corrected chi connectivity index (χ4v) is 1.28. The summed E-state index contributed by atoms with van der Waals surface area (Å²) in [5.41, 5.74) is 0. The van der Waals surface area contributed by atoms with Crippen molar-refractivity contribution in [3.63, 3.8) is 0 Å². The van der Waals surface area contributed by atoms with Crippen molar-refractivity contribution < 1.29 is 4.74 Å². The molecule has 0 aromatic heterocycles. The number of ether oxygens (including phenoxy) is 1. The highest BCUT2D eigenvalue weighted by Crippen LogP contribution is 1.98. The molecule has 0 bridgehead atoms. The van der Waals surface area contributed by atoms with Crippen LogP contribution in [0, 0.1) is 0 Å². The monoisotopic (exact) mass is 185 g/mol. The van der Waals surface area contributed by atoms with Gasteiger partial charge in [-0.05, 0) is 33.6 Å². The normalized spacial score (nSPS) is 15.3. The van der Waals surface area contributed by atoms with Crippen molar-refractivity contribution in [3.05, 3.63) is 12.7 Å². The van der Waals surface area contributed by atoms with Gasteiger partial charge in [0.15, 0.2) is 0 Å². The van der Waals surface area contributed by atoms with Gasteiger partial charge in [0.05, 0.1) is 6.61 Å². The maximum absolute atomic E-state index is 5.32. The molecule has 0 aliphatic rings. The highest BCUT2D eigenvalue weighted by molar-refractivity contribution is 4.73. The smallest absolute Gasteiger partial charge is 0.0616 e. The molecular weight excluding hydrogens is 162 g/mol. The van der Waals surface area contributed by atoms with Crippen LogP contribution in [0.1, 0.15) is 33.6 Å². The molecule has 78 valence electrons. The summed E-state index contributed by atoms with van der Waals surface area (Å²) >= 11 is 0. The van der Waals surface area contributed by atoms with Crippen molar-refractivity contribution in [3.8, 4) is 0 Å². The zero-order valence-corrected chi connectivity index (χ0v) is 9.18. The first kappa shape index (κ1) is 12.7. The Kier molecular flexibility index (Phi) is 8.05. The first-order valence-electron chi connectivity index (χ1n) is 5.15. The quantitative estimate of drug-likeness (QED) is 0.586. The van der Waals surface area contributed by atoms with Crippen LogP contribution < -0.4 is 5.32 Å². The molecule has 0 aromatic rings. The second kappa shape index (κ2) is 8.27. The Bertz CT molecular complexity index is 125. The number of hydrogen-bond donors (Lipinski definition) is 1. The Morgan fingerprint density at radius 2 is 2.08 bits per heavy atom. The fourth-order valence-electron chi connectivity index (χ4n) is 1.28. The van der Waals surface area contributed by atoms with Crippen LogP contribution in [0.3, 0.4) is 0 Å². The third kappa shape index (κ3) is 8.00. The first-order valence-corrected chi connectivity index (χ1v) is 5.15. The van der Waals surface area contributed by atoms with E-state index in [0.29, 0.717) is 12.1 Å². The van der Waals surface area contributed by atoms with Crippen molar-refractivity contribution in [2.75, 3.05) is 13.2 Å². The fraction of sp³-hybridized carbons (Fsp3) is 0.818. The molecule has 0 radical (unpaired) electrons. The maximum atomic E-state index is 5.32. The predicted octanol–water partition coefficient (Wildman–Crippen LogP) is 2.36. The van der Waals surface area contributed by atoms with E-state index in [0.717, 1.165) is 26.1 Å². The van der Waals surface area contributed by atoms with E-state index in [1.54, 1.807) is 0 Å². The van der Waals surface area contributed by atoms with Crippen LogP contribution in [0.15, 0.2) is 12.7 Å². The molecule has 0 saturated heterocycles. The van der Waals surface area contributed by atoms with E-state index in [4.69, 9.17) is 4.74 Å². The topological polar surface area (TPSA) is 21.3 Å². The maximum Gasteiger partial charge on any atom is 0.0616 e. The van der Waals surface area contributed by atoms with Gasteiger partial charge in [0.2, 0.25) is 0 Å². The van der Waals surface area contributed by atoms with Gasteiger partial charge in [0.25, 0.3) is 0 Å². The number of rotatable bonds is 8. The Morgan fingerprint density at radius 1 is 1.38 bits per heavy atom. The van der Waals surface area contributed by atoms with Gasteiger partial charge in [-0.3, -0.25) is 0 Å². The molecule has 0 aliphatic carbocycles. The second-order valence-corrected chi connectivity index (χ2v) is 3.49. The molecule has 0 spiro atoms. The minimum atomic E-state index is 0.444. The Balaban J connectivity index is 3.40. The SMILES string of the molecule is C=CCCC(C)NC(C)COCC. The van der Waals surface area contributed by atoms with Gasteiger partial charge in [-0.15, -0.1) is 6.58 Å². The van der Waals surface area contributed by atoms with Gasteiger partial charge in [-0.1, -0.05) is 6.08 Å². The molecule has 0 aliphatic heterocycles. The van der Waals surface area contributed by atoms with Crippen molar-refractivity contribution in [2.45, 2.75) is 45.7 Å². The van der Waals surface area contributed by atoms with E-state index in [2.05, 4.69) is 25.7 Å². The standard InChI is InChI=1S/C11H23NO/c1-5-7-8-10(3)12-11(4)9-13-6-2/h5,10-12H,1,6-9H2,2-4H3. The molecular formula is C11H23NO. The van der Waals surface area contributed by atoms with E-state index in [9.17, 15) is 0 Å². The zero-order chi connectivity index (χ0) is 10.1. The summed E-state index contributed by atoms with van der Waals surface area (Å²) in [6.45, 7) is 11.7. The van der Waals surface area contributed by atoms with Gasteiger partial charge in [-0.25, -0.2) is 0 Å². The lowest BCUT2D eigenvalue weighted by molar-refractivity contribution is 0.124. The third-order valence-corrected chi connectivity index (χ3v) is 1.94. The lowest BCUT2D eigenvalue weighted by Crippen LogP contribution is -2.37. The molecule has 0 heterocycles. The van der Waals surface area contributed by atoms with Crippen molar-refractivity contribution in [2.24, 2.45) is 0 Å². The third-order valence-electron chi connectivity index (χ3n) is 1.94. The highest BCUT2D eigenvalue weighted by atomic mass is 16.5. The van der Waals surface area contributed by atoms with E-state index in [1.807, 2.05) is 13.0 Å².